The molecule has 0 bridgehead atoms. The molecule has 76 valence electrons. The lowest BCUT2D eigenvalue weighted by atomic mass is 10.1. The Labute approximate surface area is 96.5 Å². The lowest BCUT2D eigenvalue weighted by Crippen LogP contribution is -1.95. The third-order valence-electron chi connectivity index (χ3n) is 2.10. The summed E-state index contributed by atoms with van der Waals surface area (Å²) in [6.07, 6.45) is 1.67. The minimum Gasteiger partial charge on any atom is -0.381 e. The van der Waals surface area contributed by atoms with Gasteiger partial charge in [-0.3, -0.25) is 0 Å². The van der Waals surface area contributed by atoms with E-state index >= 15 is 0 Å². The number of rotatable bonds is 1. The summed E-state index contributed by atoms with van der Waals surface area (Å²) < 4.78 is 0.584. The van der Waals surface area contributed by atoms with Crippen LogP contribution in [0.5, 0.6) is 0 Å². The molecule has 4 heteroatoms. The summed E-state index contributed by atoms with van der Waals surface area (Å²) in [5, 5.41) is 0. The quantitative estimate of drug-likeness (QED) is 0.861. The van der Waals surface area contributed by atoms with Gasteiger partial charge in [-0.2, -0.15) is 0 Å². The maximum atomic E-state index is 5.57. The number of halogens is 1. The molecule has 0 spiro atoms. The topological polar surface area (TPSA) is 51.8 Å². The van der Waals surface area contributed by atoms with Gasteiger partial charge >= 0.3 is 0 Å². The maximum Gasteiger partial charge on any atom is 0.156 e. The molecule has 2 aromatic rings. The molecule has 0 aliphatic heterocycles. The third-order valence-corrected chi connectivity index (χ3v) is 2.69. The molecular formula is C11H10BrN3. The number of nitrogens with two attached hydrogens (primary N) is 1. The minimum absolute atomic E-state index is 0.408. The van der Waals surface area contributed by atoms with Crippen LogP contribution >= 0.6 is 15.9 Å². The molecule has 1 aromatic carbocycles. The number of hydrogen-bond acceptors (Lipinski definition) is 3. The number of nitrogen functional groups attached to an aromatic ring is 1. The summed E-state index contributed by atoms with van der Waals surface area (Å²) in [7, 11) is 0. The van der Waals surface area contributed by atoms with Crippen LogP contribution in [0.15, 0.2) is 35.1 Å². The summed E-state index contributed by atoms with van der Waals surface area (Å²) in [4.78, 5) is 8.35. The Kier molecular flexibility index (Phi) is 2.68. The summed E-state index contributed by atoms with van der Waals surface area (Å²) in [5.41, 5.74) is 8.65. The predicted molar refractivity (Wildman–Crippen MR) is 64.3 cm³/mol. The van der Waals surface area contributed by atoms with E-state index in [-0.39, 0.29) is 0 Å². The number of aryl methyl sites for hydroxylation is 1. The monoisotopic (exact) mass is 263 g/mol. The zero-order valence-corrected chi connectivity index (χ0v) is 9.82. The van der Waals surface area contributed by atoms with Gasteiger partial charge in [0.05, 0.1) is 11.9 Å². The first-order valence-electron chi connectivity index (χ1n) is 4.52. The zero-order valence-electron chi connectivity index (χ0n) is 8.24. The SMILES string of the molecule is Cc1ccc(-c2cnc(N)c(Br)n2)cc1. The normalized spacial score (nSPS) is 10.3. The van der Waals surface area contributed by atoms with Crippen molar-refractivity contribution in [2.24, 2.45) is 0 Å². The van der Waals surface area contributed by atoms with Gasteiger partial charge in [0, 0.05) is 5.56 Å². The first-order valence-corrected chi connectivity index (χ1v) is 5.31. The largest absolute Gasteiger partial charge is 0.381 e. The van der Waals surface area contributed by atoms with Gasteiger partial charge in [-0.1, -0.05) is 29.8 Å². The van der Waals surface area contributed by atoms with Crippen LogP contribution in [-0.4, -0.2) is 9.97 Å². The van der Waals surface area contributed by atoms with Crippen LogP contribution in [0.3, 0.4) is 0 Å². The lowest BCUT2D eigenvalue weighted by molar-refractivity contribution is 1.18. The number of hydrogen-bond donors (Lipinski definition) is 1. The second-order valence-corrected chi connectivity index (χ2v) is 4.05. The number of nitrogens with zero attached hydrogens (tertiary/aromatic N) is 2. The van der Waals surface area contributed by atoms with Gasteiger partial charge in [-0.25, -0.2) is 9.97 Å². The van der Waals surface area contributed by atoms with Gasteiger partial charge in [0.25, 0.3) is 0 Å². The zero-order chi connectivity index (χ0) is 10.8. The Morgan fingerprint density at radius 3 is 2.47 bits per heavy atom. The molecular weight excluding hydrogens is 254 g/mol. The first-order chi connectivity index (χ1) is 7.16. The van der Waals surface area contributed by atoms with E-state index in [1.165, 1.54) is 5.56 Å². The second kappa shape index (κ2) is 3.98. The molecule has 0 amide bonds. The molecule has 15 heavy (non-hydrogen) atoms. The fourth-order valence-corrected chi connectivity index (χ4v) is 1.53. The van der Waals surface area contributed by atoms with Gasteiger partial charge < -0.3 is 5.73 Å². The average molecular weight is 264 g/mol. The van der Waals surface area contributed by atoms with Crippen molar-refractivity contribution in [1.29, 1.82) is 0 Å². The number of benzene rings is 1. The van der Waals surface area contributed by atoms with Crippen molar-refractivity contribution in [2.45, 2.75) is 6.92 Å². The van der Waals surface area contributed by atoms with E-state index in [1.54, 1.807) is 6.20 Å². The van der Waals surface area contributed by atoms with Crippen molar-refractivity contribution in [3.05, 3.63) is 40.6 Å². The van der Waals surface area contributed by atoms with E-state index in [4.69, 9.17) is 5.73 Å². The smallest absolute Gasteiger partial charge is 0.156 e. The van der Waals surface area contributed by atoms with Gasteiger partial charge in [0.2, 0.25) is 0 Å². The Hall–Kier alpha value is -1.42. The molecule has 0 saturated carbocycles. The fraction of sp³-hybridized carbons (Fsp3) is 0.0909. The predicted octanol–water partition coefficient (Wildman–Crippen LogP) is 2.80. The summed E-state index contributed by atoms with van der Waals surface area (Å²) in [6, 6.07) is 8.12. The molecule has 1 heterocycles. The summed E-state index contributed by atoms with van der Waals surface area (Å²) in [6.45, 7) is 2.05. The van der Waals surface area contributed by atoms with Crippen molar-refractivity contribution in [1.82, 2.24) is 9.97 Å². The Balaban J connectivity index is 2.45. The van der Waals surface area contributed by atoms with Crippen molar-refractivity contribution in [3.8, 4) is 11.3 Å². The van der Waals surface area contributed by atoms with Crippen LogP contribution in [0.25, 0.3) is 11.3 Å². The summed E-state index contributed by atoms with van der Waals surface area (Å²) in [5.74, 6) is 0.408. The fourth-order valence-electron chi connectivity index (χ4n) is 1.24. The Morgan fingerprint density at radius 1 is 1.20 bits per heavy atom. The Morgan fingerprint density at radius 2 is 1.87 bits per heavy atom. The standard InChI is InChI=1S/C11H10BrN3/c1-7-2-4-8(5-3-7)9-6-14-11(13)10(12)15-9/h2-6H,1H3,(H2,13,14). The highest BCUT2D eigenvalue weighted by Gasteiger charge is 2.03. The van der Waals surface area contributed by atoms with Crippen molar-refractivity contribution in [2.75, 3.05) is 5.73 Å². The van der Waals surface area contributed by atoms with E-state index in [0.29, 0.717) is 10.4 Å². The highest BCUT2D eigenvalue weighted by Crippen LogP contribution is 2.21. The van der Waals surface area contributed by atoms with E-state index in [1.807, 2.05) is 31.2 Å². The third kappa shape index (κ3) is 2.15. The molecule has 0 aliphatic rings. The average Bonchev–Trinajstić information content (AvgIpc) is 2.23. The molecule has 0 unspecified atom stereocenters. The van der Waals surface area contributed by atoms with Crippen molar-refractivity contribution >= 4 is 21.7 Å². The molecule has 0 aliphatic carbocycles. The van der Waals surface area contributed by atoms with Gasteiger partial charge in [0.15, 0.2) is 5.82 Å². The van der Waals surface area contributed by atoms with E-state index in [0.717, 1.165) is 11.3 Å². The van der Waals surface area contributed by atoms with Crippen molar-refractivity contribution in [3.63, 3.8) is 0 Å². The van der Waals surface area contributed by atoms with Crippen LogP contribution < -0.4 is 5.73 Å². The Bertz CT molecular complexity index is 480. The van der Waals surface area contributed by atoms with Crippen LogP contribution in [0, 0.1) is 6.92 Å². The van der Waals surface area contributed by atoms with E-state index in [9.17, 15) is 0 Å². The van der Waals surface area contributed by atoms with Gasteiger partial charge in [0.1, 0.15) is 4.60 Å². The van der Waals surface area contributed by atoms with Crippen LogP contribution in [0.2, 0.25) is 0 Å². The highest BCUT2D eigenvalue weighted by molar-refractivity contribution is 9.10. The number of aromatic nitrogens is 2. The summed E-state index contributed by atoms with van der Waals surface area (Å²) >= 11 is 3.26. The van der Waals surface area contributed by atoms with Crippen LogP contribution in [0.4, 0.5) is 5.82 Å². The van der Waals surface area contributed by atoms with E-state index in [2.05, 4.69) is 25.9 Å². The molecule has 0 saturated heterocycles. The molecule has 2 rings (SSSR count). The van der Waals surface area contributed by atoms with Crippen molar-refractivity contribution < 1.29 is 0 Å². The molecule has 0 atom stereocenters. The maximum absolute atomic E-state index is 5.57. The van der Waals surface area contributed by atoms with Gasteiger partial charge in [-0.15, -0.1) is 0 Å². The lowest BCUT2D eigenvalue weighted by Gasteiger charge is -2.02. The molecule has 2 N–H and O–H groups in total. The minimum atomic E-state index is 0.408. The number of anilines is 1. The van der Waals surface area contributed by atoms with Gasteiger partial charge in [-0.05, 0) is 22.9 Å². The highest BCUT2D eigenvalue weighted by atomic mass is 79.9. The molecule has 1 aromatic heterocycles. The van der Waals surface area contributed by atoms with E-state index < -0.39 is 0 Å². The molecule has 0 fully saturated rings. The second-order valence-electron chi connectivity index (χ2n) is 3.30. The van der Waals surface area contributed by atoms with Crippen LogP contribution in [0.1, 0.15) is 5.56 Å². The molecule has 0 radical (unpaired) electrons. The van der Waals surface area contributed by atoms with Crippen LogP contribution in [-0.2, 0) is 0 Å². The molecule has 3 nitrogen and oxygen atoms in total. The first kappa shape index (κ1) is 10.1.